The smallest absolute Gasteiger partial charge is 0.337 e. The first-order valence-corrected chi connectivity index (χ1v) is 36.2. The maximum absolute atomic E-state index is 16.6. The van der Waals surface area contributed by atoms with E-state index in [2.05, 4.69) is 84.6 Å². The second-order valence-corrected chi connectivity index (χ2v) is 32.5. The van der Waals surface area contributed by atoms with Crippen LogP contribution in [0.1, 0.15) is 198 Å². The van der Waals surface area contributed by atoms with Crippen LogP contribution in [0, 0.1) is 46.3 Å². The highest BCUT2D eigenvalue weighted by Crippen LogP contribution is 2.72. The number of nitrogens with one attached hydrogen (secondary N) is 3. The molecule has 0 saturated heterocycles. The first-order chi connectivity index (χ1) is 46.3. The number of rotatable bonds is 5. The van der Waals surface area contributed by atoms with Crippen LogP contribution in [-0.2, 0) is 34.4 Å². The molecule has 0 radical (unpaired) electrons. The van der Waals surface area contributed by atoms with Crippen molar-refractivity contribution in [3.8, 4) is 17.2 Å². The van der Waals surface area contributed by atoms with Gasteiger partial charge in [-0.25, -0.2) is 4.79 Å². The van der Waals surface area contributed by atoms with Gasteiger partial charge in [0.2, 0.25) is 0 Å². The number of carbonyl (C=O) groups excluding carboxylic acids is 1. The fraction of sp³-hybridized carbons (Fsp3) is 0.550. The summed E-state index contributed by atoms with van der Waals surface area (Å²) in [5, 5.41) is 98.8. The van der Waals surface area contributed by atoms with Crippen LogP contribution in [0.3, 0.4) is 0 Å². The maximum atomic E-state index is 16.6. The summed E-state index contributed by atoms with van der Waals surface area (Å²) in [5.74, 6) is -3.65. The molecule has 3 aromatic carbocycles. The molecule has 4 aromatic rings. The lowest BCUT2D eigenvalue weighted by atomic mass is 9.47. The Balaban J connectivity index is 0.831. The number of phenols is 2. The molecule has 0 amide bonds. The van der Waals surface area contributed by atoms with Crippen molar-refractivity contribution in [1.82, 2.24) is 16.0 Å². The number of ether oxygens (including phenoxy) is 2. The van der Waals surface area contributed by atoms with Crippen molar-refractivity contribution >= 4 is 16.9 Å². The van der Waals surface area contributed by atoms with Gasteiger partial charge in [0.1, 0.15) is 69.9 Å². The molecule has 504 valence electrons. The first-order valence-electron chi connectivity index (χ1n) is 36.2. The molecule has 5 fully saturated rings. The van der Waals surface area contributed by atoms with Crippen molar-refractivity contribution in [3.63, 3.8) is 0 Å². The van der Waals surface area contributed by atoms with E-state index in [1.54, 1.807) is 18.2 Å². The molecule has 6 heterocycles. The molecule has 3 spiro atoms. The topological polar surface area (TPSA) is 269 Å². The van der Waals surface area contributed by atoms with Crippen LogP contribution in [0.25, 0.3) is 11.0 Å². The van der Waals surface area contributed by atoms with Gasteiger partial charge in [-0.1, -0.05) is 86.4 Å². The molecule has 8 bridgehead atoms. The number of aromatic hydroxyl groups is 2. The van der Waals surface area contributed by atoms with Crippen LogP contribution in [0.15, 0.2) is 134 Å². The summed E-state index contributed by atoms with van der Waals surface area (Å²) in [5.41, 5.74) is 12.4. The third-order valence-corrected chi connectivity index (χ3v) is 28.1. The number of benzene rings is 3. The summed E-state index contributed by atoms with van der Waals surface area (Å²) in [6.07, 6.45) is 26.6. The molecular formula is C80H92N4O12. The standard InChI is InChI=1S/C80H92N4O12/c1-4-57(80(93)33-55-47-20-26-77(34-59(47)80)38-78(71(90)52-12-9-11-48(55)66(52)77)25-19-43-10-5-6-24-79(43,92)39-78)74(91)95-61-31-54-68(89)64-60(88)30-45(36-85)94-70(64)65-62-51-21-27-82-72(81)63(51)67(76(22-7-8-23-76)32-41-14-15-44(87)29-53(41)56(62)37-86)50-18-17-46-42(28-58(50)75(61,3)96-69(54)65)35-83-73-49(46)16-13-40(2)84-73/h4,9,11-16,20-21,26,29-30,35,40,43,47,50,55-56,58-59,61-62,67,71,73,82-87,89-90,92-93H,5-8,10,17-19,22-25,27-28,31-34,36-39,81H2,1-3H3/b57-4+/t40-,43-,47+,50-,55+,56-,58-,59+,61-,62+,67-,71-,73?,75+,77+,78-,79+,80+/m1/s1. The number of dihydropyridines is 2. The van der Waals surface area contributed by atoms with Crippen molar-refractivity contribution < 1.29 is 54.4 Å². The molecule has 5 aliphatic heterocycles. The lowest BCUT2D eigenvalue weighted by Gasteiger charge is -2.59. The summed E-state index contributed by atoms with van der Waals surface area (Å²) >= 11 is 0. The zero-order valence-electron chi connectivity index (χ0n) is 55.4. The molecular weight excluding hydrogens is 1210 g/mol. The quantitative estimate of drug-likeness (QED) is 0.0504. The fourth-order valence-electron chi connectivity index (χ4n) is 24.2. The van der Waals surface area contributed by atoms with Crippen molar-refractivity contribution in [2.24, 2.45) is 52.1 Å². The van der Waals surface area contributed by atoms with Crippen molar-refractivity contribution in [1.29, 1.82) is 0 Å². The van der Waals surface area contributed by atoms with Gasteiger partial charge in [-0.15, -0.1) is 0 Å². The number of esters is 1. The Kier molecular flexibility index (Phi) is 13.8. The van der Waals surface area contributed by atoms with Gasteiger partial charge in [-0.05, 0) is 213 Å². The van der Waals surface area contributed by atoms with Crippen LogP contribution in [0.4, 0.5) is 0 Å². The first kappa shape index (κ1) is 61.4. The lowest BCUT2D eigenvalue weighted by molar-refractivity contribution is -0.173. The van der Waals surface area contributed by atoms with E-state index in [1.165, 1.54) is 17.2 Å². The molecule has 16 heteroatoms. The summed E-state index contributed by atoms with van der Waals surface area (Å²) in [6, 6.07) is 13.2. The Bertz CT molecular complexity index is 4320. The van der Waals surface area contributed by atoms with Crippen LogP contribution < -0.4 is 31.8 Å². The number of allylic oxidation sites excluding steroid dienone is 7. The van der Waals surface area contributed by atoms with Gasteiger partial charge in [0, 0.05) is 76.9 Å². The van der Waals surface area contributed by atoms with Gasteiger partial charge >= 0.3 is 5.97 Å². The summed E-state index contributed by atoms with van der Waals surface area (Å²) in [7, 11) is 0. The van der Waals surface area contributed by atoms with E-state index in [0.29, 0.717) is 62.9 Å². The van der Waals surface area contributed by atoms with Gasteiger partial charge in [0.25, 0.3) is 0 Å². The Morgan fingerprint density at radius 3 is 2.55 bits per heavy atom. The number of fused-ring (bicyclic) bond motifs is 12. The molecule has 15 aliphatic rings. The zero-order chi connectivity index (χ0) is 65.9. The second-order valence-electron chi connectivity index (χ2n) is 32.5. The molecule has 96 heavy (non-hydrogen) atoms. The monoisotopic (exact) mass is 1300 g/mol. The van der Waals surface area contributed by atoms with Gasteiger partial charge < -0.3 is 66.0 Å². The highest BCUT2D eigenvalue weighted by molar-refractivity contribution is 5.93. The van der Waals surface area contributed by atoms with Gasteiger partial charge in [0.05, 0.1) is 23.9 Å². The Morgan fingerprint density at radius 1 is 0.917 bits per heavy atom. The van der Waals surface area contributed by atoms with Crippen molar-refractivity contribution in [3.05, 3.63) is 179 Å². The number of aliphatic hydroxyl groups excluding tert-OH is 3. The molecule has 10 aliphatic carbocycles. The predicted octanol–water partition coefficient (Wildman–Crippen LogP) is 10.5. The largest absolute Gasteiger partial charge is 0.508 e. The molecule has 1 aromatic heterocycles. The third-order valence-electron chi connectivity index (χ3n) is 28.1. The van der Waals surface area contributed by atoms with E-state index in [0.717, 1.165) is 109 Å². The molecule has 5 saturated carbocycles. The number of hydrogen-bond donors (Lipinski definition) is 11. The van der Waals surface area contributed by atoms with E-state index >= 15 is 9.59 Å². The summed E-state index contributed by atoms with van der Waals surface area (Å²) in [6.45, 7) is 5.32. The maximum Gasteiger partial charge on any atom is 0.337 e. The van der Waals surface area contributed by atoms with E-state index < -0.39 is 99.3 Å². The number of aliphatic hydroxyl groups is 5. The average molecular weight is 1300 g/mol. The average Bonchev–Trinajstić information content (AvgIpc) is 1.39. The number of carbonyl (C=O) groups is 1. The van der Waals surface area contributed by atoms with Crippen LogP contribution >= 0.6 is 0 Å². The summed E-state index contributed by atoms with van der Waals surface area (Å²) in [4.78, 5) is 31.6. The van der Waals surface area contributed by atoms with Crippen molar-refractivity contribution in [2.75, 3.05) is 13.2 Å². The minimum Gasteiger partial charge on any atom is -0.508 e. The van der Waals surface area contributed by atoms with Crippen molar-refractivity contribution in [2.45, 2.75) is 214 Å². The normalized spacial score (nSPS) is 39.3. The van der Waals surface area contributed by atoms with Gasteiger partial charge in [-0.2, -0.15) is 0 Å². The van der Waals surface area contributed by atoms with E-state index in [9.17, 15) is 35.7 Å². The Labute approximate surface area is 560 Å². The lowest BCUT2D eigenvalue weighted by Crippen LogP contribution is -2.60. The van der Waals surface area contributed by atoms with E-state index in [1.807, 2.05) is 13.0 Å². The fourth-order valence-corrected chi connectivity index (χ4v) is 24.2. The summed E-state index contributed by atoms with van der Waals surface area (Å²) < 4.78 is 22.3. The number of phenolic OH excluding ortho intramolecular Hbond substituents is 2. The molecule has 12 N–H and O–H groups in total. The Hall–Kier alpha value is -6.92. The van der Waals surface area contributed by atoms with Crippen LogP contribution in [0.5, 0.6) is 17.2 Å². The molecule has 16 nitrogen and oxygen atoms in total. The minimum absolute atomic E-state index is 0.00957. The highest BCUT2D eigenvalue weighted by atomic mass is 16.6. The highest BCUT2D eigenvalue weighted by Gasteiger charge is 2.68. The molecule has 19 rings (SSSR count). The molecule has 1 unspecified atom stereocenters. The minimum atomic E-state index is -1.68. The van der Waals surface area contributed by atoms with Gasteiger partial charge in [-0.3, -0.25) is 10.1 Å². The SMILES string of the molecule is C/C=C(\C(=O)O[C@@H]1Cc2c3c(c4oc(CO)cc(=O)c4c2O)[C@H]2C4=CCNC(N)=C4[C@@H]([C@@H]4CCC5=C6C=C[C@@H](C)NC6NC=C5C[C@H]4[C@]1(C)O3)C1(CCCC1)Cc1ccc(O)cc1[C@H]2CO)[C@@]1(O)C[C@@H]2c3cccc4c3[C@]3(C=C[C@@H]2[C@@H]1C3)C[C@@]1(CC[C@H]2CCCC[C@]2(O)C1)[C@@H]4O. The van der Waals surface area contributed by atoms with Crippen LogP contribution in [0.2, 0.25) is 0 Å². The van der Waals surface area contributed by atoms with Crippen LogP contribution in [-0.4, -0.2) is 90.0 Å². The predicted molar refractivity (Wildman–Crippen MR) is 361 cm³/mol. The number of hydrogen-bond acceptors (Lipinski definition) is 16. The van der Waals surface area contributed by atoms with E-state index in [4.69, 9.17) is 19.6 Å². The van der Waals surface area contributed by atoms with Gasteiger partial charge in [0.15, 0.2) is 5.43 Å². The zero-order valence-corrected chi connectivity index (χ0v) is 55.4. The molecule has 18 atom stereocenters. The number of nitrogens with two attached hydrogens (primary N) is 1. The second kappa shape index (κ2) is 21.5. The third kappa shape index (κ3) is 8.47. The Morgan fingerprint density at radius 2 is 1.74 bits per heavy atom. The van der Waals surface area contributed by atoms with E-state index in [-0.39, 0.29) is 94.0 Å².